The van der Waals surface area contributed by atoms with Gasteiger partial charge < -0.3 is 4.90 Å². The van der Waals surface area contributed by atoms with Crippen LogP contribution in [0.3, 0.4) is 0 Å². The Balaban J connectivity index is 1.76. The van der Waals surface area contributed by atoms with E-state index in [-0.39, 0.29) is 5.82 Å². The summed E-state index contributed by atoms with van der Waals surface area (Å²) in [5.41, 5.74) is 2.81. The molecule has 2 fully saturated rings. The lowest BCUT2D eigenvalue weighted by Crippen LogP contribution is -2.57. The minimum atomic E-state index is -0.163. The zero-order chi connectivity index (χ0) is 12.8. The Morgan fingerprint density at radius 3 is 2.50 bits per heavy atom. The number of nitrogens with zero attached hydrogens (tertiary/aromatic N) is 1. The van der Waals surface area contributed by atoms with Crippen LogP contribution in [0.4, 0.5) is 10.1 Å². The van der Waals surface area contributed by atoms with E-state index in [1.54, 1.807) is 6.07 Å². The molecule has 1 saturated carbocycles. The molecule has 1 spiro atoms. The van der Waals surface area contributed by atoms with E-state index >= 15 is 0 Å². The normalized spacial score (nSPS) is 22.1. The Kier molecular flexibility index (Phi) is 3.13. The second-order valence-corrected chi connectivity index (χ2v) is 6.82. The van der Waals surface area contributed by atoms with E-state index < -0.39 is 0 Å². The molecule has 0 unspecified atom stereocenters. The van der Waals surface area contributed by atoms with E-state index in [2.05, 4.69) is 20.8 Å². The summed E-state index contributed by atoms with van der Waals surface area (Å²) in [4.78, 5) is 2.41. The van der Waals surface area contributed by atoms with Crippen molar-refractivity contribution >= 4 is 21.6 Å². The van der Waals surface area contributed by atoms with Crippen LogP contribution in [0.2, 0.25) is 0 Å². The first-order chi connectivity index (χ1) is 8.60. The monoisotopic (exact) mass is 311 g/mol. The third kappa shape index (κ3) is 2.07. The average Bonchev–Trinajstić information content (AvgIpc) is 2.32. The molecule has 0 atom stereocenters. The fourth-order valence-electron chi connectivity index (χ4n) is 3.53. The van der Waals surface area contributed by atoms with Crippen LogP contribution in [0, 0.1) is 18.2 Å². The summed E-state index contributed by atoms with van der Waals surface area (Å²) >= 11 is 3.29. The molecule has 1 aliphatic carbocycles. The van der Waals surface area contributed by atoms with Crippen molar-refractivity contribution < 1.29 is 4.39 Å². The number of anilines is 1. The Morgan fingerprint density at radius 2 is 1.83 bits per heavy atom. The van der Waals surface area contributed by atoms with Gasteiger partial charge in [-0.3, -0.25) is 0 Å². The molecule has 0 aromatic heterocycles. The van der Waals surface area contributed by atoms with Crippen LogP contribution < -0.4 is 4.90 Å². The Bertz CT molecular complexity index is 458. The summed E-state index contributed by atoms with van der Waals surface area (Å²) in [7, 11) is 0. The van der Waals surface area contributed by atoms with Crippen LogP contribution in [0.1, 0.15) is 37.7 Å². The SMILES string of the molecule is Cc1cc(F)c(Br)cc1N1CC2(CCCCC2)C1. The maximum atomic E-state index is 13.4. The van der Waals surface area contributed by atoms with Gasteiger partial charge >= 0.3 is 0 Å². The van der Waals surface area contributed by atoms with E-state index in [0.717, 1.165) is 18.7 Å². The topological polar surface area (TPSA) is 3.24 Å². The van der Waals surface area contributed by atoms with Gasteiger partial charge in [-0.15, -0.1) is 0 Å². The summed E-state index contributed by atoms with van der Waals surface area (Å²) < 4.78 is 14.0. The van der Waals surface area contributed by atoms with Crippen molar-refractivity contribution in [3.63, 3.8) is 0 Å². The molecule has 0 bridgehead atoms. The molecule has 0 N–H and O–H groups in total. The number of rotatable bonds is 1. The van der Waals surface area contributed by atoms with Crippen LogP contribution in [0.25, 0.3) is 0 Å². The van der Waals surface area contributed by atoms with Crippen LogP contribution in [0.5, 0.6) is 0 Å². The number of hydrogen-bond donors (Lipinski definition) is 0. The van der Waals surface area contributed by atoms with Crippen molar-refractivity contribution in [2.24, 2.45) is 5.41 Å². The highest BCUT2D eigenvalue weighted by molar-refractivity contribution is 9.10. The zero-order valence-electron chi connectivity index (χ0n) is 10.8. The molecule has 1 aromatic rings. The quantitative estimate of drug-likeness (QED) is 0.728. The van der Waals surface area contributed by atoms with Crippen molar-refractivity contribution in [2.75, 3.05) is 18.0 Å². The molecule has 1 nitrogen and oxygen atoms in total. The summed E-state index contributed by atoms with van der Waals surface area (Å²) in [5, 5.41) is 0. The van der Waals surface area contributed by atoms with E-state index in [4.69, 9.17) is 0 Å². The molecule has 0 amide bonds. The lowest BCUT2D eigenvalue weighted by molar-refractivity contribution is 0.139. The van der Waals surface area contributed by atoms with Gasteiger partial charge in [0.15, 0.2) is 0 Å². The van der Waals surface area contributed by atoms with Gasteiger partial charge in [0, 0.05) is 24.2 Å². The summed E-state index contributed by atoms with van der Waals surface area (Å²) in [6.45, 7) is 4.31. The lowest BCUT2D eigenvalue weighted by atomic mass is 9.68. The fourth-order valence-corrected chi connectivity index (χ4v) is 3.86. The smallest absolute Gasteiger partial charge is 0.137 e. The first-order valence-electron chi connectivity index (χ1n) is 6.80. The van der Waals surface area contributed by atoms with Crippen molar-refractivity contribution in [1.82, 2.24) is 0 Å². The zero-order valence-corrected chi connectivity index (χ0v) is 12.4. The van der Waals surface area contributed by atoms with Gasteiger partial charge in [-0.2, -0.15) is 0 Å². The highest BCUT2D eigenvalue weighted by Gasteiger charge is 2.43. The van der Waals surface area contributed by atoms with Gasteiger partial charge in [0.1, 0.15) is 5.82 Å². The van der Waals surface area contributed by atoms with Crippen LogP contribution in [-0.2, 0) is 0 Å². The Labute approximate surface area is 116 Å². The largest absolute Gasteiger partial charge is 0.370 e. The number of aryl methyl sites for hydroxylation is 1. The maximum absolute atomic E-state index is 13.4. The van der Waals surface area contributed by atoms with Gasteiger partial charge in [0.2, 0.25) is 0 Å². The van der Waals surface area contributed by atoms with Gasteiger partial charge in [-0.25, -0.2) is 4.39 Å². The molecule has 2 aliphatic rings. The van der Waals surface area contributed by atoms with E-state index in [1.165, 1.54) is 37.8 Å². The van der Waals surface area contributed by atoms with Gasteiger partial charge in [-0.05, 0) is 53.4 Å². The first-order valence-corrected chi connectivity index (χ1v) is 7.60. The molecule has 3 heteroatoms. The van der Waals surface area contributed by atoms with E-state index in [9.17, 15) is 4.39 Å². The predicted molar refractivity (Wildman–Crippen MR) is 76.6 cm³/mol. The van der Waals surface area contributed by atoms with E-state index in [1.807, 2.05) is 13.0 Å². The summed E-state index contributed by atoms with van der Waals surface area (Å²) in [6.07, 6.45) is 6.94. The molecule has 1 saturated heterocycles. The summed E-state index contributed by atoms with van der Waals surface area (Å²) in [5.74, 6) is -0.163. The average molecular weight is 312 g/mol. The lowest BCUT2D eigenvalue weighted by Gasteiger charge is -2.54. The molecule has 1 aliphatic heterocycles. The van der Waals surface area contributed by atoms with Crippen molar-refractivity contribution in [3.05, 3.63) is 28.0 Å². The van der Waals surface area contributed by atoms with Gasteiger partial charge in [0.05, 0.1) is 4.47 Å². The van der Waals surface area contributed by atoms with Crippen LogP contribution in [-0.4, -0.2) is 13.1 Å². The molecule has 3 rings (SSSR count). The first kappa shape index (κ1) is 12.5. The minimum Gasteiger partial charge on any atom is -0.370 e. The van der Waals surface area contributed by atoms with Gasteiger partial charge in [-0.1, -0.05) is 19.3 Å². The molecule has 1 heterocycles. The van der Waals surface area contributed by atoms with Crippen molar-refractivity contribution in [3.8, 4) is 0 Å². The third-order valence-corrected chi connectivity index (χ3v) is 5.15. The fraction of sp³-hybridized carbons (Fsp3) is 0.600. The maximum Gasteiger partial charge on any atom is 0.137 e. The molecule has 0 radical (unpaired) electrons. The molecular formula is C15H19BrFN. The van der Waals surface area contributed by atoms with Crippen LogP contribution >= 0.6 is 15.9 Å². The molecule has 98 valence electrons. The minimum absolute atomic E-state index is 0.163. The Hall–Kier alpha value is -0.570. The predicted octanol–water partition coefficient (Wildman–Crippen LogP) is 4.67. The standard InChI is InChI=1S/C15H19BrFN/c1-11-7-13(17)12(16)8-14(11)18-9-15(10-18)5-3-2-4-6-15/h7-8H,2-6,9-10H2,1H3. The van der Waals surface area contributed by atoms with E-state index in [0.29, 0.717) is 9.89 Å². The number of benzene rings is 1. The summed E-state index contributed by atoms with van der Waals surface area (Å²) in [6, 6.07) is 3.56. The van der Waals surface area contributed by atoms with Crippen molar-refractivity contribution in [2.45, 2.75) is 39.0 Å². The molecule has 18 heavy (non-hydrogen) atoms. The van der Waals surface area contributed by atoms with Gasteiger partial charge in [0.25, 0.3) is 0 Å². The van der Waals surface area contributed by atoms with Crippen LogP contribution in [0.15, 0.2) is 16.6 Å². The number of hydrogen-bond acceptors (Lipinski definition) is 1. The second kappa shape index (κ2) is 4.52. The second-order valence-electron chi connectivity index (χ2n) is 5.97. The highest BCUT2D eigenvalue weighted by Crippen LogP contribution is 2.46. The molecule has 1 aromatic carbocycles. The third-order valence-electron chi connectivity index (χ3n) is 4.55. The van der Waals surface area contributed by atoms with Crippen molar-refractivity contribution in [1.29, 1.82) is 0 Å². The number of halogens is 2. The Morgan fingerprint density at radius 1 is 1.17 bits per heavy atom. The highest BCUT2D eigenvalue weighted by atomic mass is 79.9. The molecular weight excluding hydrogens is 293 g/mol.